The maximum absolute atomic E-state index is 10.9. The van der Waals surface area contributed by atoms with Gasteiger partial charge in [-0.1, -0.05) is 0 Å². The van der Waals surface area contributed by atoms with Gasteiger partial charge in [0.25, 0.3) is 0 Å². The van der Waals surface area contributed by atoms with Gasteiger partial charge in [0.2, 0.25) is 0 Å². The Kier molecular flexibility index (Phi) is 5.02. The van der Waals surface area contributed by atoms with Crippen LogP contribution in [0.4, 0.5) is 0 Å². The molecule has 1 aliphatic rings. The molecule has 1 N–H and O–H groups in total. The molecule has 1 fully saturated rings. The van der Waals surface area contributed by atoms with Gasteiger partial charge in [-0.05, 0) is 45.4 Å². The molecule has 0 aromatic rings. The number of likely N-dealkylation sites (tertiary alicyclic amines) is 1. The number of hydrogen-bond donors (Lipinski definition) is 1. The lowest BCUT2D eigenvalue weighted by Crippen LogP contribution is -2.26. The zero-order chi connectivity index (χ0) is 11.3. The summed E-state index contributed by atoms with van der Waals surface area (Å²) in [5, 5.41) is 3.19. The molecule has 5 heteroatoms. The third-order valence-corrected chi connectivity index (χ3v) is 3.88. The van der Waals surface area contributed by atoms with Gasteiger partial charge >= 0.3 is 0 Å². The second kappa shape index (κ2) is 5.82. The monoisotopic (exact) mass is 234 g/mol. The van der Waals surface area contributed by atoms with Crippen LogP contribution in [0.25, 0.3) is 0 Å². The van der Waals surface area contributed by atoms with Crippen LogP contribution in [-0.4, -0.2) is 58.6 Å². The van der Waals surface area contributed by atoms with Crippen molar-refractivity contribution in [2.75, 3.05) is 45.2 Å². The summed E-state index contributed by atoms with van der Waals surface area (Å²) in [6, 6.07) is 0. The van der Waals surface area contributed by atoms with Crippen molar-refractivity contribution < 1.29 is 8.42 Å². The molecular formula is C10H22N2O2S. The van der Waals surface area contributed by atoms with Gasteiger partial charge in [0, 0.05) is 12.8 Å². The SMILES string of the molecule is CNCC1CCN(CCCS(C)(=O)=O)C1. The molecule has 4 nitrogen and oxygen atoms in total. The van der Waals surface area contributed by atoms with E-state index >= 15 is 0 Å². The van der Waals surface area contributed by atoms with Gasteiger partial charge in [-0.15, -0.1) is 0 Å². The van der Waals surface area contributed by atoms with E-state index in [9.17, 15) is 8.42 Å². The zero-order valence-corrected chi connectivity index (χ0v) is 10.5. The van der Waals surface area contributed by atoms with Crippen molar-refractivity contribution in [2.45, 2.75) is 12.8 Å². The predicted octanol–water partition coefficient (Wildman–Crippen LogP) is -0.0376. The van der Waals surface area contributed by atoms with Gasteiger partial charge in [-0.3, -0.25) is 0 Å². The molecule has 0 bridgehead atoms. The van der Waals surface area contributed by atoms with E-state index < -0.39 is 9.84 Å². The summed E-state index contributed by atoms with van der Waals surface area (Å²) < 4.78 is 21.9. The van der Waals surface area contributed by atoms with E-state index in [4.69, 9.17) is 0 Å². The Labute approximate surface area is 93.0 Å². The molecule has 0 aromatic heterocycles. The number of sulfone groups is 1. The van der Waals surface area contributed by atoms with Gasteiger partial charge in [0.05, 0.1) is 5.75 Å². The summed E-state index contributed by atoms with van der Waals surface area (Å²) in [7, 11) is -0.800. The van der Waals surface area contributed by atoms with Gasteiger partial charge in [-0.25, -0.2) is 8.42 Å². The summed E-state index contributed by atoms with van der Waals surface area (Å²) >= 11 is 0. The average molecular weight is 234 g/mol. The van der Waals surface area contributed by atoms with Crippen LogP contribution in [0.3, 0.4) is 0 Å². The largest absolute Gasteiger partial charge is 0.319 e. The van der Waals surface area contributed by atoms with Crippen LogP contribution in [0.1, 0.15) is 12.8 Å². The van der Waals surface area contributed by atoms with Crippen LogP contribution in [0.5, 0.6) is 0 Å². The Bertz CT molecular complexity index is 277. The molecule has 0 amide bonds. The quantitative estimate of drug-likeness (QED) is 0.701. The molecule has 1 heterocycles. The van der Waals surface area contributed by atoms with Crippen LogP contribution < -0.4 is 5.32 Å². The van der Waals surface area contributed by atoms with Crippen molar-refractivity contribution in [3.63, 3.8) is 0 Å². The molecule has 90 valence electrons. The number of nitrogens with zero attached hydrogens (tertiary/aromatic N) is 1. The first kappa shape index (κ1) is 12.9. The molecule has 0 saturated carbocycles. The van der Waals surface area contributed by atoms with Crippen LogP contribution in [0.2, 0.25) is 0 Å². The highest BCUT2D eigenvalue weighted by atomic mass is 32.2. The van der Waals surface area contributed by atoms with Crippen molar-refractivity contribution in [1.82, 2.24) is 10.2 Å². The summed E-state index contributed by atoms with van der Waals surface area (Å²) in [5.74, 6) is 1.06. The van der Waals surface area contributed by atoms with Gasteiger partial charge < -0.3 is 10.2 Å². The highest BCUT2D eigenvalue weighted by molar-refractivity contribution is 7.90. The van der Waals surface area contributed by atoms with E-state index in [1.807, 2.05) is 7.05 Å². The maximum Gasteiger partial charge on any atom is 0.147 e. The van der Waals surface area contributed by atoms with E-state index in [1.165, 1.54) is 12.7 Å². The Morgan fingerprint density at radius 1 is 1.47 bits per heavy atom. The van der Waals surface area contributed by atoms with Crippen molar-refractivity contribution in [3.8, 4) is 0 Å². The Morgan fingerprint density at radius 3 is 2.80 bits per heavy atom. The average Bonchev–Trinajstić information content (AvgIpc) is 2.51. The molecule has 15 heavy (non-hydrogen) atoms. The number of hydrogen-bond acceptors (Lipinski definition) is 4. The summed E-state index contributed by atoms with van der Waals surface area (Å²) in [5.41, 5.74) is 0. The molecule has 1 saturated heterocycles. The Morgan fingerprint density at radius 2 is 2.20 bits per heavy atom. The highest BCUT2D eigenvalue weighted by Crippen LogP contribution is 2.15. The number of nitrogens with one attached hydrogen (secondary N) is 1. The molecule has 1 unspecified atom stereocenters. The molecule has 0 aliphatic carbocycles. The van der Waals surface area contributed by atoms with E-state index in [0.717, 1.165) is 38.5 Å². The van der Waals surface area contributed by atoms with Crippen molar-refractivity contribution >= 4 is 9.84 Å². The summed E-state index contributed by atoms with van der Waals surface area (Å²) in [4.78, 5) is 2.37. The Hall–Kier alpha value is -0.130. The minimum atomic E-state index is -2.78. The first-order valence-corrected chi connectivity index (χ1v) is 7.62. The Balaban J connectivity index is 2.14. The van der Waals surface area contributed by atoms with Crippen LogP contribution in [-0.2, 0) is 9.84 Å². The third-order valence-electron chi connectivity index (χ3n) is 2.85. The van der Waals surface area contributed by atoms with Crippen LogP contribution >= 0.6 is 0 Å². The maximum atomic E-state index is 10.9. The smallest absolute Gasteiger partial charge is 0.147 e. The first-order chi connectivity index (χ1) is 7.01. The fourth-order valence-electron chi connectivity index (χ4n) is 2.12. The van der Waals surface area contributed by atoms with Crippen LogP contribution in [0.15, 0.2) is 0 Å². The fourth-order valence-corrected chi connectivity index (χ4v) is 2.78. The van der Waals surface area contributed by atoms with E-state index in [0.29, 0.717) is 5.75 Å². The molecule has 0 spiro atoms. The first-order valence-electron chi connectivity index (χ1n) is 5.56. The topological polar surface area (TPSA) is 49.4 Å². The minimum Gasteiger partial charge on any atom is -0.319 e. The highest BCUT2D eigenvalue weighted by Gasteiger charge is 2.21. The van der Waals surface area contributed by atoms with Crippen molar-refractivity contribution in [1.29, 1.82) is 0 Å². The lowest BCUT2D eigenvalue weighted by Gasteiger charge is -2.15. The molecule has 1 atom stereocenters. The number of rotatable bonds is 6. The minimum absolute atomic E-state index is 0.320. The lowest BCUT2D eigenvalue weighted by atomic mass is 10.1. The summed E-state index contributed by atoms with van der Waals surface area (Å²) in [6.07, 6.45) is 3.31. The second-order valence-corrected chi connectivity index (χ2v) is 6.76. The van der Waals surface area contributed by atoms with Gasteiger partial charge in [0.15, 0.2) is 0 Å². The predicted molar refractivity (Wildman–Crippen MR) is 62.8 cm³/mol. The summed E-state index contributed by atoms with van der Waals surface area (Å²) in [6.45, 7) is 4.23. The molecule has 0 aromatic carbocycles. The lowest BCUT2D eigenvalue weighted by molar-refractivity contribution is 0.324. The fraction of sp³-hybridized carbons (Fsp3) is 1.00. The van der Waals surface area contributed by atoms with E-state index in [-0.39, 0.29) is 0 Å². The molecule has 0 radical (unpaired) electrons. The third kappa shape index (κ3) is 5.49. The van der Waals surface area contributed by atoms with Gasteiger partial charge in [0.1, 0.15) is 9.84 Å². The normalized spacial score (nSPS) is 23.5. The van der Waals surface area contributed by atoms with Crippen LogP contribution in [0, 0.1) is 5.92 Å². The second-order valence-electron chi connectivity index (χ2n) is 4.50. The van der Waals surface area contributed by atoms with Crippen molar-refractivity contribution in [2.24, 2.45) is 5.92 Å². The molecule has 1 rings (SSSR count). The van der Waals surface area contributed by atoms with Crippen molar-refractivity contribution in [3.05, 3.63) is 0 Å². The molecule has 1 aliphatic heterocycles. The van der Waals surface area contributed by atoms with Gasteiger partial charge in [-0.2, -0.15) is 0 Å². The zero-order valence-electron chi connectivity index (χ0n) is 9.70. The van der Waals surface area contributed by atoms with E-state index in [2.05, 4.69) is 10.2 Å². The molecular weight excluding hydrogens is 212 g/mol. The standard InChI is InChI=1S/C10H22N2O2S/c1-11-8-10-4-6-12(9-10)5-3-7-15(2,13)14/h10-11H,3-9H2,1-2H3. The van der Waals surface area contributed by atoms with E-state index in [1.54, 1.807) is 0 Å².